The molecule has 1 aromatic heterocycles. The summed E-state index contributed by atoms with van der Waals surface area (Å²) in [5, 5.41) is 10.2. The summed E-state index contributed by atoms with van der Waals surface area (Å²) in [6, 6.07) is 6.02. The Kier molecular flexibility index (Phi) is 4.73. The summed E-state index contributed by atoms with van der Waals surface area (Å²) in [6.07, 6.45) is 15.3. The van der Waals surface area contributed by atoms with Crippen molar-refractivity contribution in [3.05, 3.63) is 42.2 Å². The lowest BCUT2D eigenvalue weighted by atomic mass is 9.48. The van der Waals surface area contributed by atoms with E-state index in [9.17, 15) is 9.90 Å². The number of hydrogen-bond donors (Lipinski definition) is 1. The molecule has 156 valence electrons. The number of Topliss-reactive ketones (excluding diaryl/α,β-unsaturated/α-hetero) is 1. The topological polar surface area (TPSA) is 41.2 Å². The molecule has 1 aromatic rings. The Labute approximate surface area is 175 Å². The second kappa shape index (κ2) is 7.04. The third-order valence-electron chi connectivity index (χ3n) is 9.58. The van der Waals surface area contributed by atoms with Crippen molar-refractivity contribution in [1.82, 2.24) is 0 Å². The molecule has 1 unspecified atom stereocenters. The van der Waals surface area contributed by atoms with Crippen molar-refractivity contribution in [2.75, 3.05) is 0 Å². The van der Waals surface area contributed by atoms with Crippen LogP contribution in [0.3, 0.4) is 0 Å². The fourth-order valence-electron chi connectivity index (χ4n) is 8.00. The van der Waals surface area contributed by atoms with Crippen molar-refractivity contribution in [3.8, 4) is 0 Å². The predicted molar refractivity (Wildman–Crippen MR) is 113 cm³/mol. The SMILES string of the molecule is C[C@]12CC[C@H]3[C@@H](CC=C4CC(O)CC[C@@]43C)[C@@H]1CC[C@@H]2[14C](=O)C[n+]1ccccc1. The number of aromatic nitrogens is 1. The van der Waals surface area contributed by atoms with Crippen LogP contribution in [0.15, 0.2) is 42.2 Å². The minimum Gasteiger partial charge on any atom is -0.393 e. The first-order valence-corrected chi connectivity index (χ1v) is 11.8. The standard InChI is InChI=1S/C26H36NO2/c1-25-12-10-19(28)16-18(25)6-7-20-21-8-9-23(26(21,2)13-11-22(20)25)24(29)17-27-14-4-3-5-15-27/h3-6,14-15,19-23,28H,7-13,16-17H2,1-2H3/q+1/t19?,20-,21-,22-,23+,25-,26-/m0/s1/i24+2. The molecular weight excluding hydrogens is 360 g/mol. The van der Waals surface area contributed by atoms with Crippen LogP contribution in [0.25, 0.3) is 0 Å². The van der Waals surface area contributed by atoms with Crippen molar-refractivity contribution in [2.45, 2.75) is 77.9 Å². The van der Waals surface area contributed by atoms with Crippen LogP contribution < -0.4 is 4.57 Å². The van der Waals surface area contributed by atoms with Gasteiger partial charge < -0.3 is 5.11 Å². The number of carbonyl (C=O) groups excluding carboxylic acids is 1. The Balaban J connectivity index is 1.38. The normalized spacial score (nSPS) is 43.7. The second-order valence-electron chi connectivity index (χ2n) is 10.8. The molecule has 0 saturated heterocycles. The quantitative estimate of drug-likeness (QED) is 0.604. The third-order valence-corrected chi connectivity index (χ3v) is 9.58. The minimum atomic E-state index is -0.135. The minimum absolute atomic E-state index is 0.135. The van der Waals surface area contributed by atoms with Gasteiger partial charge in [-0.05, 0) is 80.0 Å². The highest BCUT2D eigenvalue weighted by atomic mass is 16.3. The summed E-state index contributed by atoms with van der Waals surface area (Å²) in [4.78, 5) is 13.3. The van der Waals surface area contributed by atoms with Crippen molar-refractivity contribution in [3.63, 3.8) is 0 Å². The first-order valence-electron chi connectivity index (χ1n) is 11.8. The maximum atomic E-state index is 13.3. The van der Waals surface area contributed by atoms with E-state index >= 15 is 0 Å². The van der Waals surface area contributed by atoms with Crippen molar-refractivity contribution in [2.24, 2.45) is 34.5 Å². The molecule has 0 spiro atoms. The van der Waals surface area contributed by atoms with Gasteiger partial charge in [0.25, 0.3) is 0 Å². The van der Waals surface area contributed by atoms with E-state index < -0.39 is 0 Å². The summed E-state index contributed by atoms with van der Waals surface area (Å²) in [5.74, 6) is 2.79. The number of aliphatic hydroxyl groups is 1. The number of fused-ring (bicyclic) bond motifs is 5. The maximum Gasteiger partial charge on any atom is 0.206 e. The fraction of sp³-hybridized carbons (Fsp3) is 0.692. The molecule has 0 amide bonds. The van der Waals surface area contributed by atoms with Gasteiger partial charge in [-0.1, -0.05) is 31.6 Å². The van der Waals surface area contributed by atoms with E-state index in [-0.39, 0.29) is 22.9 Å². The van der Waals surface area contributed by atoms with Crippen LogP contribution in [0, 0.1) is 34.5 Å². The van der Waals surface area contributed by atoms with E-state index in [2.05, 4.69) is 19.9 Å². The Morgan fingerprint density at radius 3 is 2.66 bits per heavy atom. The van der Waals surface area contributed by atoms with Gasteiger partial charge in [0.1, 0.15) is 0 Å². The predicted octanol–water partition coefficient (Wildman–Crippen LogP) is 4.48. The van der Waals surface area contributed by atoms with Crippen molar-refractivity contribution < 1.29 is 14.5 Å². The maximum absolute atomic E-state index is 13.3. The molecule has 3 nitrogen and oxygen atoms in total. The monoisotopic (exact) mass is 396 g/mol. The van der Waals surface area contributed by atoms with Gasteiger partial charge in [-0.15, -0.1) is 0 Å². The molecule has 3 saturated carbocycles. The van der Waals surface area contributed by atoms with Crippen LogP contribution in [0.4, 0.5) is 0 Å². The van der Waals surface area contributed by atoms with Crippen LogP contribution >= 0.6 is 0 Å². The molecule has 1 heterocycles. The highest BCUT2D eigenvalue weighted by molar-refractivity contribution is 5.81. The molecule has 4 aliphatic carbocycles. The van der Waals surface area contributed by atoms with Gasteiger partial charge in [0.2, 0.25) is 12.3 Å². The zero-order valence-electron chi connectivity index (χ0n) is 18.0. The van der Waals surface area contributed by atoms with E-state index in [0.717, 1.165) is 43.9 Å². The molecule has 5 rings (SSSR count). The summed E-state index contributed by atoms with van der Waals surface area (Å²) >= 11 is 0. The smallest absolute Gasteiger partial charge is 0.206 e. The first-order chi connectivity index (χ1) is 13.9. The number of pyridine rings is 1. The molecule has 29 heavy (non-hydrogen) atoms. The van der Waals surface area contributed by atoms with Gasteiger partial charge in [-0.25, -0.2) is 0 Å². The largest absolute Gasteiger partial charge is 0.393 e. The molecule has 0 radical (unpaired) electrons. The summed E-state index contributed by atoms with van der Waals surface area (Å²) in [6.45, 7) is 5.43. The zero-order valence-corrected chi connectivity index (χ0v) is 18.0. The molecule has 0 bridgehead atoms. The lowest BCUT2D eigenvalue weighted by Gasteiger charge is -2.57. The van der Waals surface area contributed by atoms with Gasteiger partial charge >= 0.3 is 0 Å². The average Bonchev–Trinajstić information content (AvgIpc) is 3.06. The Hall–Kier alpha value is -1.48. The van der Waals surface area contributed by atoms with Crippen molar-refractivity contribution in [1.29, 1.82) is 0 Å². The van der Waals surface area contributed by atoms with Crippen LogP contribution in [0.2, 0.25) is 0 Å². The Morgan fingerprint density at radius 1 is 1.07 bits per heavy atom. The van der Waals surface area contributed by atoms with Gasteiger partial charge in [-0.2, -0.15) is 4.57 Å². The van der Waals surface area contributed by atoms with E-state index in [1.54, 1.807) is 0 Å². The van der Waals surface area contributed by atoms with E-state index in [1.165, 1.54) is 24.8 Å². The molecule has 3 fully saturated rings. The number of allylic oxidation sites excluding steroid dienone is 1. The summed E-state index contributed by atoms with van der Waals surface area (Å²) in [7, 11) is 0. The van der Waals surface area contributed by atoms with Crippen LogP contribution in [-0.2, 0) is 11.3 Å². The van der Waals surface area contributed by atoms with Crippen LogP contribution in [0.1, 0.15) is 65.2 Å². The highest BCUT2D eigenvalue weighted by Gasteiger charge is 2.59. The van der Waals surface area contributed by atoms with Gasteiger partial charge in [0.15, 0.2) is 12.4 Å². The number of nitrogens with zero attached hydrogens (tertiary/aromatic N) is 1. The molecule has 7 atom stereocenters. The van der Waals surface area contributed by atoms with Crippen molar-refractivity contribution >= 4 is 5.78 Å². The Bertz CT molecular complexity index is 817. The van der Waals surface area contributed by atoms with Gasteiger partial charge in [-0.3, -0.25) is 4.79 Å². The second-order valence-corrected chi connectivity index (χ2v) is 10.8. The third kappa shape index (κ3) is 3.03. The lowest BCUT2D eigenvalue weighted by Crippen LogP contribution is -2.51. The number of rotatable bonds is 3. The molecule has 0 aliphatic heterocycles. The van der Waals surface area contributed by atoms with E-state index in [0.29, 0.717) is 18.2 Å². The lowest BCUT2D eigenvalue weighted by molar-refractivity contribution is -0.684. The number of carbonyl (C=O) groups is 1. The number of ketones is 1. The van der Waals surface area contributed by atoms with Gasteiger partial charge in [0, 0.05) is 18.1 Å². The summed E-state index contributed by atoms with van der Waals surface area (Å²) < 4.78 is 2.04. The fourth-order valence-corrected chi connectivity index (χ4v) is 8.00. The highest BCUT2D eigenvalue weighted by Crippen LogP contribution is 2.66. The zero-order chi connectivity index (χ0) is 20.2. The average molecular weight is 397 g/mol. The van der Waals surface area contributed by atoms with E-state index in [1.807, 2.05) is 35.2 Å². The van der Waals surface area contributed by atoms with Gasteiger partial charge in [0.05, 0.1) is 6.10 Å². The summed E-state index contributed by atoms with van der Waals surface area (Å²) in [5.41, 5.74) is 1.99. The van der Waals surface area contributed by atoms with E-state index in [4.69, 9.17) is 0 Å². The Morgan fingerprint density at radius 2 is 1.86 bits per heavy atom. The van der Waals surface area contributed by atoms with Crippen LogP contribution in [-0.4, -0.2) is 17.0 Å². The molecular formula is C26H36NO2+. The molecule has 0 aromatic carbocycles. The van der Waals surface area contributed by atoms with Crippen LogP contribution in [0.5, 0.6) is 0 Å². The molecule has 3 heteroatoms. The first kappa shape index (κ1) is 19.5. The molecule has 1 N–H and O–H groups in total. The number of aliphatic hydroxyl groups excluding tert-OH is 1. The number of hydrogen-bond acceptors (Lipinski definition) is 2. The molecule has 4 aliphatic rings.